The van der Waals surface area contributed by atoms with Crippen molar-refractivity contribution in [3.05, 3.63) is 24.0 Å². The molecule has 0 saturated carbocycles. The van der Waals surface area contributed by atoms with Crippen LogP contribution in [0.5, 0.6) is 0 Å². The van der Waals surface area contributed by atoms with Gasteiger partial charge in [-0.05, 0) is 23.8 Å². The van der Waals surface area contributed by atoms with Gasteiger partial charge < -0.3 is 25.7 Å². The molecule has 3 amide bonds. The van der Waals surface area contributed by atoms with Gasteiger partial charge in [-0.25, -0.2) is 0 Å². The lowest BCUT2D eigenvalue weighted by molar-refractivity contribution is -0.141. The van der Waals surface area contributed by atoms with E-state index in [-0.39, 0.29) is 17.9 Å². The summed E-state index contributed by atoms with van der Waals surface area (Å²) in [7, 11) is 1.42. The first-order chi connectivity index (χ1) is 13.5. The number of amides is 3. The number of ether oxygens (including phenoxy) is 1. The van der Waals surface area contributed by atoms with Crippen molar-refractivity contribution in [2.45, 2.75) is 52.3 Å². The van der Waals surface area contributed by atoms with Gasteiger partial charge in [0.15, 0.2) is 11.9 Å². The number of nitrogens with zero attached hydrogens (tertiary/aromatic N) is 1. The number of aromatic amines is 1. The molecule has 0 bridgehead atoms. The van der Waals surface area contributed by atoms with E-state index in [9.17, 15) is 19.2 Å². The number of nitrogens with two attached hydrogens (primary N) is 1. The van der Waals surface area contributed by atoms with E-state index in [0.717, 1.165) is 0 Å². The molecule has 2 unspecified atom stereocenters. The van der Waals surface area contributed by atoms with Crippen LogP contribution in [0.2, 0.25) is 0 Å². The van der Waals surface area contributed by atoms with Crippen molar-refractivity contribution in [3.63, 3.8) is 0 Å². The first kappa shape index (κ1) is 22.6. The Balaban J connectivity index is 2.28. The summed E-state index contributed by atoms with van der Waals surface area (Å²) in [5.74, 6) is -1.85. The number of hydrogen-bond acceptors (Lipinski definition) is 5. The van der Waals surface area contributed by atoms with Gasteiger partial charge in [-0.2, -0.15) is 0 Å². The van der Waals surface area contributed by atoms with Gasteiger partial charge in [0, 0.05) is 19.4 Å². The van der Waals surface area contributed by atoms with Crippen molar-refractivity contribution in [1.29, 1.82) is 0 Å². The summed E-state index contributed by atoms with van der Waals surface area (Å²) >= 11 is 0. The largest absolute Gasteiger partial charge is 0.367 e. The lowest BCUT2D eigenvalue weighted by atomic mass is 9.76. The number of likely N-dealkylation sites (N-methyl/N-ethyl adjacent to an activating group) is 1. The number of ketones is 1. The van der Waals surface area contributed by atoms with Crippen LogP contribution in [-0.2, 0) is 19.1 Å². The molecule has 0 aromatic carbocycles. The lowest BCUT2D eigenvalue weighted by Crippen LogP contribution is -2.57. The predicted molar refractivity (Wildman–Crippen MR) is 106 cm³/mol. The predicted octanol–water partition coefficient (Wildman–Crippen LogP) is 0.466. The smallest absolute Gasteiger partial charge is 0.253 e. The molecule has 9 nitrogen and oxygen atoms in total. The van der Waals surface area contributed by atoms with Gasteiger partial charge in [0.1, 0.15) is 18.7 Å². The third-order valence-corrected chi connectivity index (χ3v) is 5.82. The number of primary amides is 1. The molecule has 1 aromatic heterocycles. The molecule has 1 aromatic rings. The molecular formula is C20H30N4O5. The van der Waals surface area contributed by atoms with Crippen LogP contribution in [0, 0.1) is 11.3 Å². The summed E-state index contributed by atoms with van der Waals surface area (Å²) in [5.41, 5.74) is 5.44. The Hall–Kier alpha value is -2.68. The fourth-order valence-electron chi connectivity index (χ4n) is 3.23. The number of carbonyl (C=O) groups excluding carboxylic acids is 4. The zero-order valence-electron chi connectivity index (χ0n) is 17.5. The quantitative estimate of drug-likeness (QED) is 0.577. The molecule has 1 aliphatic heterocycles. The lowest BCUT2D eigenvalue weighted by Gasteiger charge is -2.36. The van der Waals surface area contributed by atoms with E-state index >= 15 is 0 Å². The minimum absolute atomic E-state index is 0.238. The maximum atomic E-state index is 13.3. The van der Waals surface area contributed by atoms with E-state index in [0.29, 0.717) is 12.0 Å². The summed E-state index contributed by atoms with van der Waals surface area (Å²) in [6, 6.07) is -0.387. The molecule has 1 saturated heterocycles. The molecule has 160 valence electrons. The van der Waals surface area contributed by atoms with Crippen molar-refractivity contribution in [1.82, 2.24) is 15.2 Å². The van der Waals surface area contributed by atoms with Crippen LogP contribution in [0.4, 0.5) is 0 Å². The molecule has 3 atom stereocenters. The van der Waals surface area contributed by atoms with Crippen LogP contribution in [0.3, 0.4) is 0 Å². The molecule has 1 aliphatic rings. The average Bonchev–Trinajstić information content (AvgIpc) is 3.29. The first-order valence-electron chi connectivity index (χ1n) is 9.59. The molecule has 0 spiro atoms. The maximum Gasteiger partial charge on any atom is 0.253 e. The number of nitrogens with one attached hydrogen (secondary N) is 2. The summed E-state index contributed by atoms with van der Waals surface area (Å²) in [6.07, 6.45) is 2.30. The summed E-state index contributed by atoms with van der Waals surface area (Å²) in [5, 5.41) is 2.78. The minimum Gasteiger partial charge on any atom is -0.367 e. The number of H-pyrrole nitrogens is 1. The van der Waals surface area contributed by atoms with Gasteiger partial charge >= 0.3 is 0 Å². The van der Waals surface area contributed by atoms with E-state index in [4.69, 9.17) is 10.5 Å². The van der Waals surface area contributed by atoms with Gasteiger partial charge in [-0.3, -0.25) is 19.2 Å². The van der Waals surface area contributed by atoms with Gasteiger partial charge in [0.05, 0.1) is 5.56 Å². The van der Waals surface area contributed by atoms with Crippen LogP contribution in [0.15, 0.2) is 18.5 Å². The number of carbonyl (C=O) groups is 4. The number of hydrogen-bond donors (Lipinski definition) is 3. The Kier molecular flexibility index (Phi) is 6.84. The first-order valence-corrected chi connectivity index (χ1v) is 9.59. The SMILES string of the molecule is CC(C)C(C)(C)C[C@H](NC(=O)c1cc[nH]c1)C(=O)N(C)C1C(=O)COC1C(N)=O. The Morgan fingerprint density at radius 1 is 1.38 bits per heavy atom. The van der Waals surface area contributed by atoms with E-state index in [1.54, 1.807) is 12.3 Å². The van der Waals surface area contributed by atoms with Crippen molar-refractivity contribution >= 4 is 23.5 Å². The van der Waals surface area contributed by atoms with E-state index in [1.807, 2.05) is 27.7 Å². The molecule has 4 N–H and O–H groups in total. The third-order valence-electron chi connectivity index (χ3n) is 5.82. The Labute approximate surface area is 170 Å². The highest BCUT2D eigenvalue weighted by Crippen LogP contribution is 2.32. The van der Waals surface area contributed by atoms with Gasteiger partial charge in [0.25, 0.3) is 5.91 Å². The standard InChI is InChI=1S/C20H30N4O5/c1-11(2)20(3,4)8-13(23-18(27)12-6-7-22-9-12)19(28)24(5)15-14(25)10-29-16(15)17(21)26/h6-7,9,11,13,15-16,22H,8,10H2,1-5H3,(H2,21,26)(H,23,27)/t13-,15?,16?/m0/s1. The van der Waals surface area contributed by atoms with Crippen molar-refractivity contribution < 1.29 is 23.9 Å². The Morgan fingerprint density at radius 3 is 2.55 bits per heavy atom. The average molecular weight is 406 g/mol. The molecule has 29 heavy (non-hydrogen) atoms. The van der Waals surface area contributed by atoms with Gasteiger partial charge in [-0.15, -0.1) is 0 Å². The zero-order valence-corrected chi connectivity index (χ0v) is 17.5. The maximum absolute atomic E-state index is 13.3. The monoisotopic (exact) mass is 406 g/mol. The Bertz CT molecular complexity index is 772. The highest BCUT2D eigenvalue weighted by Gasteiger charge is 2.45. The molecule has 2 rings (SSSR count). The van der Waals surface area contributed by atoms with Crippen LogP contribution in [0.1, 0.15) is 44.5 Å². The van der Waals surface area contributed by atoms with Crippen LogP contribution in [-0.4, -0.2) is 65.2 Å². The normalized spacial score (nSPS) is 20.6. The number of Topliss-reactive ketones (excluding diaryl/α,β-unsaturated/α-hetero) is 1. The highest BCUT2D eigenvalue weighted by molar-refractivity contribution is 6.00. The zero-order chi connectivity index (χ0) is 21.9. The number of aromatic nitrogens is 1. The highest BCUT2D eigenvalue weighted by atomic mass is 16.5. The fraction of sp³-hybridized carbons (Fsp3) is 0.600. The number of rotatable bonds is 8. The summed E-state index contributed by atoms with van der Waals surface area (Å²) in [6.45, 7) is 7.81. The molecule has 0 aliphatic carbocycles. The molecular weight excluding hydrogens is 376 g/mol. The van der Waals surface area contributed by atoms with Crippen molar-refractivity contribution in [3.8, 4) is 0 Å². The molecule has 9 heteroatoms. The second kappa shape index (κ2) is 8.77. The Morgan fingerprint density at radius 2 is 2.03 bits per heavy atom. The van der Waals surface area contributed by atoms with E-state index in [1.165, 1.54) is 18.1 Å². The topological polar surface area (TPSA) is 135 Å². The van der Waals surface area contributed by atoms with Gasteiger partial charge in [0.2, 0.25) is 11.8 Å². The van der Waals surface area contributed by atoms with Gasteiger partial charge in [-0.1, -0.05) is 27.7 Å². The minimum atomic E-state index is -1.20. The molecule has 1 fully saturated rings. The van der Waals surface area contributed by atoms with Crippen molar-refractivity contribution in [2.75, 3.05) is 13.7 Å². The fourth-order valence-corrected chi connectivity index (χ4v) is 3.23. The molecule has 2 heterocycles. The van der Waals surface area contributed by atoms with Crippen LogP contribution >= 0.6 is 0 Å². The van der Waals surface area contributed by atoms with E-state index < -0.39 is 41.7 Å². The second-order valence-electron chi connectivity index (χ2n) is 8.47. The van der Waals surface area contributed by atoms with Crippen LogP contribution in [0.25, 0.3) is 0 Å². The molecule has 0 radical (unpaired) electrons. The van der Waals surface area contributed by atoms with E-state index in [2.05, 4.69) is 10.3 Å². The summed E-state index contributed by atoms with van der Waals surface area (Å²) in [4.78, 5) is 53.7. The third kappa shape index (κ3) is 5.03. The second-order valence-corrected chi connectivity index (χ2v) is 8.47. The van der Waals surface area contributed by atoms with Crippen molar-refractivity contribution in [2.24, 2.45) is 17.1 Å². The summed E-state index contributed by atoms with van der Waals surface area (Å²) < 4.78 is 5.16. The van der Waals surface area contributed by atoms with Crippen LogP contribution < -0.4 is 11.1 Å².